The second kappa shape index (κ2) is 8.20. The Hall–Kier alpha value is -1.89. The lowest BCUT2D eigenvalue weighted by Gasteiger charge is -2.20. The Balaban J connectivity index is 1.54. The summed E-state index contributed by atoms with van der Waals surface area (Å²) in [7, 11) is 0. The van der Waals surface area contributed by atoms with Gasteiger partial charge in [-0.3, -0.25) is 9.36 Å². The van der Waals surface area contributed by atoms with Gasteiger partial charge in [-0.05, 0) is 37.8 Å². The lowest BCUT2D eigenvalue weighted by Crippen LogP contribution is -2.33. The molecule has 0 aliphatic carbocycles. The zero-order valence-corrected chi connectivity index (χ0v) is 16.1. The van der Waals surface area contributed by atoms with Gasteiger partial charge >= 0.3 is 0 Å². The summed E-state index contributed by atoms with van der Waals surface area (Å²) in [4.78, 5) is 17.3. The molecule has 6 nitrogen and oxygen atoms in total. The molecule has 2 saturated heterocycles. The van der Waals surface area contributed by atoms with Crippen molar-refractivity contribution >= 4 is 22.4 Å². The van der Waals surface area contributed by atoms with E-state index >= 15 is 0 Å². The fourth-order valence-electron chi connectivity index (χ4n) is 3.85. The van der Waals surface area contributed by atoms with Crippen LogP contribution in [0.15, 0.2) is 18.3 Å². The van der Waals surface area contributed by atoms with E-state index in [0.29, 0.717) is 5.69 Å². The molecule has 0 radical (unpaired) electrons. The van der Waals surface area contributed by atoms with Crippen molar-refractivity contribution in [2.45, 2.75) is 51.4 Å². The molecule has 0 atom stereocenters. The number of nitrogens with zero attached hydrogens (tertiary/aromatic N) is 5. The van der Waals surface area contributed by atoms with Gasteiger partial charge in [0.25, 0.3) is 5.91 Å². The third-order valence-electron chi connectivity index (χ3n) is 5.35. The SMILES string of the molecule is O=C(c1cccn1-c1nnc(N2CCCCCC2)s1)N1CCCCCC1. The Morgan fingerprint density at radius 2 is 1.46 bits per heavy atom. The van der Waals surface area contributed by atoms with Crippen LogP contribution in [-0.2, 0) is 0 Å². The maximum Gasteiger partial charge on any atom is 0.270 e. The molecule has 7 heteroatoms. The number of amides is 1. The lowest BCUT2D eigenvalue weighted by atomic mass is 10.2. The van der Waals surface area contributed by atoms with Gasteiger partial charge in [-0.25, -0.2) is 0 Å². The van der Waals surface area contributed by atoms with Gasteiger partial charge in [-0.15, -0.1) is 10.2 Å². The Kier molecular flexibility index (Phi) is 5.53. The largest absolute Gasteiger partial charge is 0.347 e. The summed E-state index contributed by atoms with van der Waals surface area (Å²) in [5, 5.41) is 10.6. The van der Waals surface area contributed by atoms with Gasteiger partial charge in [0.2, 0.25) is 10.3 Å². The smallest absolute Gasteiger partial charge is 0.270 e. The van der Waals surface area contributed by atoms with Crippen LogP contribution in [0.1, 0.15) is 61.9 Å². The normalized spacial score (nSPS) is 19.2. The van der Waals surface area contributed by atoms with Crippen LogP contribution in [0.5, 0.6) is 0 Å². The third kappa shape index (κ3) is 3.77. The maximum atomic E-state index is 13.0. The van der Waals surface area contributed by atoms with Crippen LogP contribution in [0.2, 0.25) is 0 Å². The third-order valence-corrected chi connectivity index (χ3v) is 6.33. The number of carbonyl (C=O) groups is 1. The van der Waals surface area contributed by atoms with E-state index in [1.165, 1.54) is 38.5 Å². The molecule has 26 heavy (non-hydrogen) atoms. The van der Waals surface area contributed by atoms with E-state index in [1.807, 2.05) is 27.8 Å². The predicted octanol–water partition coefficient (Wildman–Crippen LogP) is 3.73. The van der Waals surface area contributed by atoms with Crippen LogP contribution in [0.25, 0.3) is 5.13 Å². The summed E-state index contributed by atoms with van der Waals surface area (Å²) in [6.07, 6.45) is 11.6. The van der Waals surface area contributed by atoms with Crippen LogP contribution >= 0.6 is 11.3 Å². The first-order valence-electron chi connectivity index (χ1n) is 9.88. The molecule has 1 amide bonds. The Morgan fingerprint density at radius 1 is 0.846 bits per heavy atom. The average Bonchev–Trinajstić information content (AvgIpc) is 3.14. The molecule has 2 fully saturated rings. The summed E-state index contributed by atoms with van der Waals surface area (Å²) in [5.74, 6) is 0.114. The van der Waals surface area contributed by atoms with Crippen molar-refractivity contribution in [3.05, 3.63) is 24.0 Å². The van der Waals surface area contributed by atoms with Crippen molar-refractivity contribution in [2.24, 2.45) is 0 Å². The molecule has 2 aliphatic heterocycles. The first-order valence-corrected chi connectivity index (χ1v) is 10.7. The minimum atomic E-state index is 0.114. The molecule has 140 valence electrons. The van der Waals surface area contributed by atoms with Gasteiger partial charge in [0.1, 0.15) is 5.69 Å². The number of hydrogen-bond donors (Lipinski definition) is 0. The highest BCUT2D eigenvalue weighted by molar-refractivity contribution is 7.17. The van der Waals surface area contributed by atoms with E-state index in [4.69, 9.17) is 0 Å². The topological polar surface area (TPSA) is 54.3 Å². The van der Waals surface area contributed by atoms with E-state index in [0.717, 1.165) is 49.3 Å². The molecule has 4 rings (SSSR count). The van der Waals surface area contributed by atoms with Gasteiger partial charge in [0, 0.05) is 32.4 Å². The molecule has 0 bridgehead atoms. The molecule has 4 heterocycles. The first-order chi connectivity index (χ1) is 12.8. The van der Waals surface area contributed by atoms with E-state index in [1.54, 1.807) is 11.3 Å². The number of carbonyl (C=O) groups excluding carboxylic acids is 1. The highest BCUT2D eigenvalue weighted by atomic mass is 32.1. The summed E-state index contributed by atoms with van der Waals surface area (Å²) >= 11 is 1.58. The predicted molar refractivity (Wildman–Crippen MR) is 104 cm³/mol. The van der Waals surface area contributed by atoms with E-state index in [2.05, 4.69) is 15.1 Å². The lowest BCUT2D eigenvalue weighted by molar-refractivity contribution is 0.0753. The van der Waals surface area contributed by atoms with Crippen LogP contribution in [0, 0.1) is 0 Å². The van der Waals surface area contributed by atoms with Gasteiger partial charge in [0.15, 0.2) is 0 Å². The zero-order chi connectivity index (χ0) is 17.8. The molecule has 0 aromatic carbocycles. The van der Waals surface area contributed by atoms with Crippen LogP contribution in [0.3, 0.4) is 0 Å². The number of likely N-dealkylation sites (tertiary alicyclic amines) is 1. The Bertz CT molecular complexity index is 724. The second-order valence-electron chi connectivity index (χ2n) is 7.24. The standard InChI is InChI=1S/C19H27N5OS/c25-17(22-11-5-1-2-6-12-22)16-10-9-15-24(16)19-21-20-18(26-19)23-13-7-3-4-8-14-23/h9-10,15H,1-8,11-14H2. The second-order valence-corrected chi connectivity index (χ2v) is 8.17. The fourth-order valence-corrected chi connectivity index (χ4v) is 4.75. The molecule has 0 saturated carbocycles. The molecule has 2 aromatic heterocycles. The minimum absolute atomic E-state index is 0.114. The number of aromatic nitrogens is 3. The molecule has 0 spiro atoms. The van der Waals surface area contributed by atoms with Gasteiger partial charge in [0.05, 0.1) is 0 Å². The van der Waals surface area contributed by atoms with E-state index in [9.17, 15) is 4.79 Å². The fraction of sp³-hybridized carbons (Fsp3) is 0.632. The summed E-state index contributed by atoms with van der Waals surface area (Å²) < 4.78 is 1.91. The van der Waals surface area contributed by atoms with Crippen molar-refractivity contribution in [3.63, 3.8) is 0 Å². The van der Waals surface area contributed by atoms with Gasteiger partial charge in [-0.1, -0.05) is 37.0 Å². The van der Waals surface area contributed by atoms with Gasteiger partial charge < -0.3 is 9.80 Å². The molecule has 2 aromatic rings. The average molecular weight is 374 g/mol. The maximum absolute atomic E-state index is 13.0. The van der Waals surface area contributed by atoms with Crippen LogP contribution in [-0.4, -0.2) is 51.8 Å². The monoisotopic (exact) mass is 373 g/mol. The van der Waals surface area contributed by atoms with Crippen molar-refractivity contribution < 1.29 is 4.79 Å². The Morgan fingerprint density at radius 3 is 2.15 bits per heavy atom. The van der Waals surface area contributed by atoms with Gasteiger partial charge in [-0.2, -0.15) is 0 Å². The van der Waals surface area contributed by atoms with Crippen LogP contribution < -0.4 is 4.90 Å². The highest BCUT2D eigenvalue weighted by Gasteiger charge is 2.22. The molecular weight excluding hydrogens is 346 g/mol. The number of anilines is 1. The van der Waals surface area contributed by atoms with E-state index in [-0.39, 0.29) is 5.91 Å². The Labute approximate surface area is 158 Å². The summed E-state index contributed by atoms with van der Waals surface area (Å²) in [6, 6.07) is 3.83. The quantitative estimate of drug-likeness (QED) is 0.823. The molecule has 0 N–H and O–H groups in total. The van der Waals surface area contributed by atoms with Crippen molar-refractivity contribution in [3.8, 4) is 5.13 Å². The van der Waals surface area contributed by atoms with Crippen molar-refractivity contribution in [2.75, 3.05) is 31.1 Å². The number of hydrogen-bond acceptors (Lipinski definition) is 5. The molecule has 0 unspecified atom stereocenters. The highest BCUT2D eigenvalue weighted by Crippen LogP contribution is 2.27. The summed E-state index contributed by atoms with van der Waals surface area (Å²) in [6.45, 7) is 3.83. The molecule has 2 aliphatic rings. The van der Waals surface area contributed by atoms with E-state index < -0.39 is 0 Å². The zero-order valence-electron chi connectivity index (χ0n) is 15.3. The first kappa shape index (κ1) is 17.5. The summed E-state index contributed by atoms with van der Waals surface area (Å²) in [5.41, 5.74) is 0.700. The minimum Gasteiger partial charge on any atom is -0.347 e. The molecular formula is C19H27N5OS. The van der Waals surface area contributed by atoms with Crippen molar-refractivity contribution in [1.29, 1.82) is 0 Å². The van der Waals surface area contributed by atoms with Crippen molar-refractivity contribution in [1.82, 2.24) is 19.7 Å². The number of rotatable bonds is 3. The van der Waals surface area contributed by atoms with Crippen LogP contribution in [0.4, 0.5) is 5.13 Å².